The van der Waals surface area contributed by atoms with Gasteiger partial charge in [-0.05, 0) is 5.56 Å². The van der Waals surface area contributed by atoms with E-state index in [1.54, 1.807) is 0 Å². The average molecular weight is 302 g/mol. The van der Waals surface area contributed by atoms with Gasteiger partial charge in [-0.2, -0.15) is 4.98 Å². The van der Waals surface area contributed by atoms with E-state index < -0.39 is 0 Å². The van der Waals surface area contributed by atoms with Gasteiger partial charge in [0.2, 0.25) is 11.8 Å². The molecule has 0 bridgehead atoms. The van der Waals surface area contributed by atoms with Crippen molar-refractivity contribution >= 4 is 5.91 Å². The first-order chi connectivity index (χ1) is 10.6. The summed E-state index contributed by atoms with van der Waals surface area (Å²) in [5.41, 5.74) is 7.03. The summed E-state index contributed by atoms with van der Waals surface area (Å²) in [4.78, 5) is 16.1. The van der Waals surface area contributed by atoms with Gasteiger partial charge in [0.1, 0.15) is 0 Å². The van der Waals surface area contributed by atoms with Crippen molar-refractivity contribution in [1.82, 2.24) is 15.5 Å². The van der Waals surface area contributed by atoms with Crippen LogP contribution in [0, 0.1) is 0 Å². The lowest BCUT2D eigenvalue weighted by Crippen LogP contribution is -2.32. The molecule has 1 aromatic carbocycles. The SMILES string of the molecule is CC(C)c1noc(CCC(=O)NCC(N)c2ccccc2)n1. The second-order valence-electron chi connectivity index (χ2n) is 5.52. The summed E-state index contributed by atoms with van der Waals surface area (Å²) >= 11 is 0. The van der Waals surface area contributed by atoms with Crippen molar-refractivity contribution in [2.45, 2.75) is 38.6 Å². The molecule has 0 fully saturated rings. The molecule has 0 spiro atoms. The van der Waals surface area contributed by atoms with E-state index >= 15 is 0 Å². The van der Waals surface area contributed by atoms with Gasteiger partial charge in [-0.25, -0.2) is 0 Å². The molecule has 0 aliphatic carbocycles. The molecular weight excluding hydrogens is 280 g/mol. The van der Waals surface area contributed by atoms with Crippen LogP contribution in [0.15, 0.2) is 34.9 Å². The number of amides is 1. The Morgan fingerprint density at radius 2 is 2.05 bits per heavy atom. The lowest BCUT2D eigenvalue weighted by atomic mass is 10.1. The Balaban J connectivity index is 1.73. The summed E-state index contributed by atoms with van der Waals surface area (Å²) in [5.74, 6) is 1.30. The van der Waals surface area contributed by atoms with E-state index in [0.29, 0.717) is 31.1 Å². The number of nitrogens with two attached hydrogens (primary N) is 1. The number of aromatic nitrogens is 2. The van der Waals surface area contributed by atoms with E-state index in [1.165, 1.54) is 0 Å². The summed E-state index contributed by atoms with van der Waals surface area (Å²) in [7, 11) is 0. The van der Waals surface area contributed by atoms with E-state index in [1.807, 2.05) is 44.2 Å². The zero-order valence-electron chi connectivity index (χ0n) is 13.0. The van der Waals surface area contributed by atoms with Gasteiger partial charge in [-0.15, -0.1) is 0 Å². The fraction of sp³-hybridized carbons (Fsp3) is 0.438. The highest BCUT2D eigenvalue weighted by atomic mass is 16.5. The van der Waals surface area contributed by atoms with Gasteiger partial charge >= 0.3 is 0 Å². The van der Waals surface area contributed by atoms with Gasteiger partial charge < -0.3 is 15.6 Å². The van der Waals surface area contributed by atoms with E-state index in [-0.39, 0.29) is 17.9 Å². The van der Waals surface area contributed by atoms with E-state index in [4.69, 9.17) is 10.3 Å². The highest BCUT2D eigenvalue weighted by Gasteiger charge is 2.12. The fourth-order valence-electron chi connectivity index (χ4n) is 1.95. The van der Waals surface area contributed by atoms with Crippen LogP contribution in [0.3, 0.4) is 0 Å². The van der Waals surface area contributed by atoms with Crippen LogP contribution in [0.4, 0.5) is 0 Å². The molecule has 22 heavy (non-hydrogen) atoms. The number of carbonyl (C=O) groups is 1. The summed E-state index contributed by atoms with van der Waals surface area (Å²) in [6, 6.07) is 9.48. The predicted octanol–water partition coefficient (Wildman–Crippen LogP) is 1.94. The van der Waals surface area contributed by atoms with Crippen LogP contribution in [0.25, 0.3) is 0 Å². The van der Waals surface area contributed by atoms with Crippen LogP contribution < -0.4 is 11.1 Å². The monoisotopic (exact) mass is 302 g/mol. The highest BCUT2D eigenvalue weighted by Crippen LogP contribution is 2.11. The number of nitrogens with one attached hydrogen (secondary N) is 1. The number of hydrogen-bond acceptors (Lipinski definition) is 5. The van der Waals surface area contributed by atoms with Crippen LogP contribution >= 0.6 is 0 Å². The summed E-state index contributed by atoms with van der Waals surface area (Å²) in [6.07, 6.45) is 0.743. The van der Waals surface area contributed by atoms with Gasteiger partial charge in [0.15, 0.2) is 5.82 Å². The molecule has 2 rings (SSSR count). The number of rotatable bonds is 7. The minimum absolute atomic E-state index is 0.0734. The molecule has 1 heterocycles. The Hall–Kier alpha value is -2.21. The molecule has 6 nitrogen and oxygen atoms in total. The second-order valence-corrected chi connectivity index (χ2v) is 5.52. The third-order valence-electron chi connectivity index (χ3n) is 3.31. The van der Waals surface area contributed by atoms with Crippen LogP contribution in [-0.4, -0.2) is 22.6 Å². The molecule has 118 valence electrons. The number of benzene rings is 1. The van der Waals surface area contributed by atoms with Crippen molar-refractivity contribution in [2.75, 3.05) is 6.54 Å². The molecule has 0 aliphatic heterocycles. The van der Waals surface area contributed by atoms with Crippen molar-refractivity contribution in [3.63, 3.8) is 0 Å². The zero-order chi connectivity index (χ0) is 15.9. The van der Waals surface area contributed by atoms with Gasteiger partial charge in [0, 0.05) is 31.3 Å². The molecule has 1 unspecified atom stereocenters. The van der Waals surface area contributed by atoms with Crippen LogP contribution in [-0.2, 0) is 11.2 Å². The Morgan fingerprint density at radius 1 is 1.32 bits per heavy atom. The molecule has 0 saturated heterocycles. The van der Waals surface area contributed by atoms with E-state index in [9.17, 15) is 4.79 Å². The Morgan fingerprint density at radius 3 is 2.68 bits per heavy atom. The molecule has 2 aromatic rings. The molecule has 0 aliphatic rings. The maximum atomic E-state index is 11.8. The maximum absolute atomic E-state index is 11.8. The molecule has 1 atom stereocenters. The molecule has 3 N–H and O–H groups in total. The minimum Gasteiger partial charge on any atom is -0.354 e. The quantitative estimate of drug-likeness (QED) is 0.815. The largest absolute Gasteiger partial charge is 0.354 e. The van der Waals surface area contributed by atoms with E-state index in [2.05, 4.69) is 15.5 Å². The summed E-state index contributed by atoms with van der Waals surface area (Å²) < 4.78 is 5.11. The fourth-order valence-corrected chi connectivity index (χ4v) is 1.95. The Labute approximate surface area is 130 Å². The zero-order valence-corrected chi connectivity index (χ0v) is 13.0. The van der Waals surface area contributed by atoms with Crippen LogP contribution in [0.2, 0.25) is 0 Å². The third-order valence-corrected chi connectivity index (χ3v) is 3.31. The van der Waals surface area contributed by atoms with Gasteiger partial charge in [0.05, 0.1) is 0 Å². The number of carbonyl (C=O) groups excluding carboxylic acids is 1. The number of hydrogen-bond donors (Lipinski definition) is 2. The maximum Gasteiger partial charge on any atom is 0.227 e. The average Bonchev–Trinajstić information content (AvgIpc) is 3.00. The number of aryl methyl sites for hydroxylation is 1. The topological polar surface area (TPSA) is 94.0 Å². The van der Waals surface area contributed by atoms with Crippen molar-refractivity contribution in [3.05, 3.63) is 47.6 Å². The Kier molecular flexibility index (Phi) is 5.66. The normalized spacial score (nSPS) is 12.4. The Bertz CT molecular complexity index is 595. The van der Waals surface area contributed by atoms with Crippen molar-refractivity contribution in [2.24, 2.45) is 5.73 Å². The molecule has 0 saturated carbocycles. The summed E-state index contributed by atoms with van der Waals surface area (Å²) in [5, 5.41) is 6.70. The van der Waals surface area contributed by atoms with Crippen molar-refractivity contribution in [3.8, 4) is 0 Å². The standard InChI is InChI=1S/C16H22N4O2/c1-11(2)16-19-15(22-20-16)9-8-14(21)18-10-13(17)12-6-4-3-5-7-12/h3-7,11,13H,8-10,17H2,1-2H3,(H,18,21). The van der Waals surface area contributed by atoms with Gasteiger partial charge in [0.25, 0.3) is 0 Å². The molecule has 1 aromatic heterocycles. The van der Waals surface area contributed by atoms with Crippen molar-refractivity contribution in [1.29, 1.82) is 0 Å². The smallest absolute Gasteiger partial charge is 0.227 e. The first-order valence-electron chi connectivity index (χ1n) is 7.46. The predicted molar refractivity (Wildman–Crippen MR) is 83.1 cm³/mol. The van der Waals surface area contributed by atoms with Crippen LogP contribution in [0.1, 0.15) is 49.5 Å². The van der Waals surface area contributed by atoms with E-state index in [0.717, 1.165) is 5.56 Å². The molecule has 1 amide bonds. The van der Waals surface area contributed by atoms with Crippen LogP contribution in [0.5, 0.6) is 0 Å². The first kappa shape index (κ1) is 16.2. The van der Waals surface area contributed by atoms with Crippen molar-refractivity contribution < 1.29 is 9.32 Å². The lowest BCUT2D eigenvalue weighted by Gasteiger charge is -2.12. The second kappa shape index (κ2) is 7.70. The number of nitrogens with zero attached hydrogens (tertiary/aromatic N) is 2. The van der Waals surface area contributed by atoms with Gasteiger partial charge in [-0.3, -0.25) is 4.79 Å². The molecular formula is C16H22N4O2. The summed E-state index contributed by atoms with van der Waals surface area (Å²) in [6.45, 7) is 4.39. The third kappa shape index (κ3) is 4.66. The molecule has 6 heteroatoms. The minimum atomic E-state index is -0.207. The molecule has 0 radical (unpaired) electrons. The highest BCUT2D eigenvalue weighted by molar-refractivity contribution is 5.76. The lowest BCUT2D eigenvalue weighted by molar-refractivity contribution is -0.121. The van der Waals surface area contributed by atoms with Gasteiger partial charge in [-0.1, -0.05) is 49.3 Å². The first-order valence-corrected chi connectivity index (χ1v) is 7.46.